The monoisotopic (exact) mass is 382 g/mol. The summed E-state index contributed by atoms with van der Waals surface area (Å²) < 4.78 is 0. The molecule has 0 aromatic carbocycles. The molecule has 0 spiro atoms. The van der Waals surface area contributed by atoms with Gasteiger partial charge in [-0.25, -0.2) is 0 Å². The first kappa shape index (κ1) is 19.0. The van der Waals surface area contributed by atoms with Gasteiger partial charge in [0.1, 0.15) is 0 Å². The molecule has 5 heteroatoms. The van der Waals surface area contributed by atoms with Gasteiger partial charge in [0.2, 0.25) is 0 Å². The van der Waals surface area contributed by atoms with E-state index in [1.807, 2.05) is 7.05 Å². The van der Waals surface area contributed by atoms with Crippen LogP contribution in [0.5, 0.6) is 0 Å². The quantitative estimate of drug-likeness (QED) is 0.436. The second kappa shape index (κ2) is 10.7. The molecular formula is C14H31IN4. The lowest BCUT2D eigenvalue weighted by Gasteiger charge is -2.31. The molecule has 4 nitrogen and oxygen atoms in total. The maximum Gasteiger partial charge on any atom is 0.191 e. The van der Waals surface area contributed by atoms with Gasteiger partial charge >= 0.3 is 0 Å². The van der Waals surface area contributed by atoms with Crippen molar-refractivity contribution in [3.8, 4) is 0 Å². The van der Waals surface area contributed by atoms with Crippen molar-refractivity contribution in [2.75, 3.05) is 27.2 Å². The number of rotatable bonds is 5. The third-order valence-corrected chi connectivity index (χ3v) is 3.60. The fraction of sp³-hybridized carbons (Fsp3) is 0.929. The number of hydrogen-bond acceptors (Lipinski definition) is 2. The van der Waals surface area contributed by atoms with E-state index >= 15 is 0 Å². The average molecular weight is 382 g/mol. The highest BCUT2D eigenvalue weighted by atomic mass is 127. The van der Waals surface area contributed by atoms with E-state index in [9.17, 15) is 0 Å². The van der Waals surface area contributed by atoms with Gasteiger partial charge < -0.3 is 15.5 Å². The maximum absolute atomic E-state index is 4.21. The van der Waals surface area contributed by atoms with Gasteiger partial charge in [-0.3, -0.25) is 4.99 Å². The van der Waals surface area contributed by atoms with Crippen LogP contribution in [-0.4, -0.2) is 50.1 Å². The normalized spacial score (nSPS) is 17.5. The van der Waals surface area contributed by atoms with Gasteiger partial charge in [0.05, 0.1) is 0 Å². The fourth-order valence-corrected chi connectivity index (χ4v) is 2.52. The molecule has 114 valence electrons. The van der Waals surface area contributed by atoms with Gasteiger partial charge in [-0.15, -0.1) is 24.0 Å². The Morgan fingerprint density at radius 1 is 1.26 bits per heavy atom. The number of likely N-dealkylation sites (N-methyl/N-ethyl adjacent to an activating group) is 1. The van der Waals surface area contributed by atoms with Gasteiger partial charge in [-0.05, 0) is 33.7 Å². The van der Waals surface area contributed by atoms with Crippen molar-refractivity contribution in [3.05, 3.63) is 0 Å². The van der Waals surface area contributed by atoms with Gasteiger partial charge in [0.25, 0.3) is 0 Å². The minimum atomic E-state index is 0. The summed E-state index contributed by atoms with van der Waals surface area (Å²) in [7, 11) is 4.07. The summed E-state index contributed by atoms with van der Waals surface area (Å²) in [6, 6.07) is 1.22. The summed E-state index contributed by atoms with van der Waals surface area (Å²) in [5.41, 5.74) is 0. The zero-order chi connectivity index (χ0) is 13.4. The van der Waals surface area contributed by atoms with E-state index < -0.39 is 0 Å². The van der Waals surface area contributed by atoms with Crippen LogP contribution in [-0.2, 0) is 0 Å². The maximum atomic E-state index is 4.21. The van der Waals surface area contributed by atoms with Crippen LogP contribution < -0.4 is 10.6 Å². The summed E-state index contributed by atoms with van der Waals surface area (Å²) in [6.45, 7) is 6.30. The van der Waals surface area contributed by atoms with E-state index in [2.05, 4.69) is 41.4 Å². The molecule has 1 aliphatic rings. The molecule has 0 atom stereocenters. The SMILES string of the molecule is CN=C(NCCN(C)C1CCCCC1)NC(C)C.I. The van der Waals surface area contributed by atoms with E-state index in [1.165, 1.54) is 32.1 Å². The van der Waals surface area contributed by atoms with Gasteiger partial charge in [-0.1, -0.05) is 19.3 Å². The molecule has 0 saturated heterocycles. The summed E-state index contributed by atoms with van der Waals surface area (Å²) >= 11 is 0. The standard InChI is InChI=1S/C14H30N4.HI/c1-12(2)17-14(15-3)16-10-11-18(4)13-8-6-5-7-9-13;/h12-13H,5-11H2,1-4H3,(H2,15,16,17);1H. The van der Waals surface area contributed by atoms with Crippen LogP contribution in [0.3, 0.4) is 0 Å². The predicted octanol–water partition coefficient (Wildman–Crippen LogP) is 2.44. The second-order valence-corrected chi connectivity index (χ2v) is 5.57. The first-order valence-corrected chi connectivity index (χ1v) is 7.31. The molecule has 0 aliphatic heterocycles. The Balaban J connectivity index is 0.00000324. The molecule has 0 aromatic rings. The molecule has 1 saturated carbocycles. The van der Waals surface area contributed by atoms with Gasteiger partial charge in [-0.2, -0.15) is 0 Å². The molecule has 0 amide bonds. The summed E-state index contributed by atoms with van der Waals surface area (Å²) in [5, 5.41) is 6.67. The zero-order valence-corrected chi connectivity index (χ0v) is 15.2. The van der Waals surface area contributed by atoms with Crippen LogP contribution in [0.4, 0.5) is 0 Å². The predicted molar refractivity (Wildman–Crippen MR) is 94.6 cm³/mol. The topological polar surface area (TPSA) is 39.7 Å². The first-order valence-electron chi connectivity index (χ1n) is 7.31. The van der Waals surface area contributed by atoms with Crippen LogP contribution in [0.1, 0.15) is 46.0 Å². The van der Waals surface area contributed by atoms with Crippen LogP contribution >= 0.6 is 24.0 Å². The van der Waals surface area contributed by atoms with Crippen LogP contribution in [0.15, 0.2) is 4.99 Å². The molecule has 2 N–H and O–H groups in total. The van der Waals surface area contributed by atoms with Crippen molar-refractivity contribution >= 4 is 29.9 Å². The molecular weight excluding hydrogens is 351 g/mol. The van der Waals surface area contributed by atoms with Crippen LogP contribution in [0.2, 0.25) is 0 Å². The minimum absolute atomic E-state index is 0. The first-order chi connectivity index (χ1) is 8.63. The number of nitrogens with one attached hydrogen (secondary N) is 2. The smallest absolute Gasteiger partial charge is 0.191 e. The number of guanidine groups is 1. The highest BCUT2D eigenvalue weighted by molar-refractivity contribution is 14.0. The average Bonchev–Trinajstić information content (AvgIpc) is 2.38. The summed E-state index contributed by atoms with van der Waals surface area (Å²) in [6.07, 6.45) is 6.97. The van der Waals surface area contributed by atoms with Crippen molar-refractivity contribution in [1.82, 2.24) is 15.5 Å². The Labute approximate surface area is 135 Å². The van der Waals surface area contributed by atoms with E-state index in [-0.39, 0.29) is 24.0 Å². The zero-order valence-electron chi connectivity index (χ0n) is 12.9. The minimum Gasteiger partial charge on any atom is -0.355 e. The molecule has 0 radical (unpaired) electrons. The molecule has 0 unspecified atom stereocenters. The Morgan fingerprint density at radius 3 is 2.42 bits per heavy atom. The third kappa shape index (κ3) is 7.97. The number of halogens is 1. The van der Waals surface area contributed by atoms with E-state index in [0.29, 0.717) is 6.04 Å². The summed E-state index contributed by atoms with van der Waals surface area (Å²) in [5.74, 6) is 0.905. The van der Waals surface area contributed by atoms with Crippen LogP contribution in [0.25, 0.3) is 0 Å². The fourth-order valence-electron chi connectivity index (χ4n) is 2.52. The van der Waals surface area contributed by atoms with Gasteiger partial charge in [0, 0.05) is 32.2 Å². The van der Waals surface area contributed by atoms with Crippen molar-refractivity contribution in [2.45, 2.75) is 58.0 Å². The molecule has 19 heavy (non-hydrogen) atoms. The molecule has 1 rings (SSSR count). The van der Waals surface area contributed by atoms with Crippen molar-refractivity contribution in [2.24, 2.45) is 4.99 Å². The largest absolute Gasteiger partial charge is 0.355 e. The molecule has 1 fully saturated rings. The number of nitrogens with zero attached hydrogens (tertiary/aromatic N) is 2. The molecule has 0 heterocycles. The number of hydrogen-bond donors (Lipinski definition) is 2. The van der Waals surface area contributed by atoms with Crippen molar-refractivity contribution < 1.29 is 0 Å². The Hall–Kier alpha value is -0.0400. The lowest BCUT2D eigenvalue weighted by Crippen LogP contribution is -2.45. The van der Waals surface area contributed by atoms with E-state index in [1.54, 1.807) is 0 Å². The highest BCUT2D eigenvalue weighted by Gasteiger charge is 2.17. The highest BCUT2D eigenvalue weighted by Crippen LogP contribution is 2.21. The second-order valence-electron chi connectivity index (χ2n) is 5.57. The van der Waals surface area contributed by atoms with E-state index in [4.69, 9.17) is 0 Å². The Bertz CT molecular complexity index is 250. The Kier molecular flexibility index (Phi) is 10.7. The molecule has 0 aromatic heterocycles. The molecule has 1 aliphatic carbocycles. The lowest BCUT2D eigenvalue weighted by molar-refractivity contribution is 0.194. The van der Waals surface area contributed by atoms with Crippen molar-refractivity contribution in [3.63, 3.8) is 0 Å². The molecule has 0 bridgehead atoms. The van der Waals surface area contributed by atoms with E-state index in [0.717, 1.165) is 25.1 Å². The van der Waals surface area contributed by atoms with Crippen LogP contribution in [0, 0.1) is 0 Å². The van der Waals surface area contributed by atoms with Gasteiger partial charge in [0.15, 0.2) is 5.96 Å². The number of aliphatic imine (C=N–C) groups is 1. The third-order valence-electron chi connectivity index (χ3n) is 3.60. The lowest BCUT2D eigenvalue weighted by atomic mass is 9.94. The van der Waals surface area contributed by atoms with Crippen molar-refractivity contribution in [1.29, 1.82) is 0 Å². The Morgan fingerprint density at radius 2 is 1.89 bits per heavy atom. The summed E-state index contributed by atoms with van der Waals surface area (Å²) in [4.78, 5) is 6.71.